The Bertz CT molecular complexity index is 1110. The van der Waals surface area contributed by atoms with Gasteiger partial charge in [0, 0.05) is 38.1 Å². The van der Waals surface area contributed by atoms with Crippen molar-refractivity contribution in [3.63, 3.8) is 0 Å². The number of aromatic nitrogens is 1. The summed E-state index contributed by atoms with van der Waals surface area (Å²) in [4.78, 5) is 29.8. The molecule has 192 valence electrons. The Labute approximate surface area is 214 Å². The molecule has 0 fully saturated rings. The highest BCUT2D eigenvalue weighted by atomic mass is 16.5. The second kappa shape index (κ2) is 13.5. The summed E-state index contributed by atoms with van der Waals surface area (Å²) in [5.74, 6) is 0.534. The van der Waals surface area contributed by atoms with Crippen LogP contribution in [0.3, 0.4) is 0 Å². The van der Waals surface area contributed by atoms with Crippen LogP contribution in [0.1, 0.15) is 37.1 Å². The second-order valence-electron chi connectivity index (χ2n) is 8.93. The molecular weight excluding hydrogens is 454 g/mol. The van der Waals surface area contributed by atoms with E-state index in [0.29, 0.717) is 19.6 Å². The van der Waals surface area contributed by atoms with Gasteiger partial charge in [-0.3, -0.25) is 9.59 Å². The van der Waals surface area contributed by atoms with Crippen LogP contribution < -0.4 is 4.74 Å². The van der Waals surface area contributed by atoms with Crippen molar-refractivity contribution in [2.75, 3.05) is 27.4 Å². The Kier molecular flexibility index (Phi) is 10.1. The van der Waals surface area contributed by atoms with Crippen LogP contribution in [0.15, 0.2) is 72.9 Å². The van der Waals surface area contributed by atoms with Gasteiger partial charge in [-0.1, -0.05) is 49.4 Å². The molecule has 1 aromatic heterocycles. The Morgan fingerprint density at radius 3 is 2.36 bits per heavy atom. The van der Waals surface area contributed by atoms with Gasteiger partial charge in [-0.15, -0.1) is 0 Å². The summed E-state index contributed by atoms with van der Waals surface area (Å²) in [7, 11) is 3.15. The first-order chi connectivity index (χ1) is 17.4. The minimum Gasteiger partial charge on any atom is -0.497 e. The number of benzene rings is 2. The van der Waals surface area contributed by atoms with Crippen molar-refractivity contribution in [2.24, 2.45) is 0 Å². The SMILES string of the molecule is CCC(C)N(CC(=O)N(Cc1ccccc1)Cc1cccn1Cc1cccc(OC)c1)C(=O)COC. The molecular formula is C29H37N3O4. The summed E-state index contributed by atoms with van der Waals surface area (Å²) >= 11 is 0. The Balaban J connectivity index is 1.83. The molecule has 2 amide bonds. The third kappa shape index (κ3) is 7.46. The van der Waals surface area contributed by atoms with Crippen LogP contribution in [0.2, 0.25) is 0 Å². The van der Waals surface area contributed by atoms with E-state index >= 15 is 0 Å². The first-order valence-electron chi connectivity index (χ1n) is 12.3. The highest BCUT2D eigenvalue weighted by molar-refractivity contribution is 5.85. The maximum atomic E-state index is 13.6. The summed E-state index contributed by atoms with van der Waals surface area (Å²) in [6, 6.07) is 21.9. The predicted molar refractivity (Wildman–Crippen MR) is 141 cm³/mol. The average molecular weight is 492 g/mol. The average Bonchev–Trinajstić information content (AvgIpc) is 3.33. The normalized spacial score (nSPS) is 11.7. The first kappa shape index (κ1) is 27.0. The lowest BCUT2D eigenvalue weighted by Gasteiger charge is -2.31. The summed E-state index contributed by atoms with van der Waals surface area (Å²) in [5, 5.41) is 0. The lowest BCUT2D eigenvalue weighted by atomic mass is 10.2. The fourth-order valence-corrected chi connectivity index (χ4v) is 4.11. The summed E-state index contributed by atoms with van der Waals surface area (Å²) in [5.41, 5.74) is 3.16. The first-order valence-corrected chi connectivity index (χ1v) is 12.3. The van der Waals surface area contributed by atoms with E-state index in [2.05, 4.69) is 10.6 Å². The summed E-state index contributed by atoms with van der Waals surface area (Å²) in [6.07, 6.45) is 2.78. The fourth-order valence-electron chi connectivity index (χ4n) is 4.11. The van der Waals surface area contributed by atoms with Crippen molar-refractivity contribution in [1.29, 1.82) is 0 Å². The molecule has 7 heteroatoms. The molecule has 1 heterocycles. The summed E-state index contributed by atoms with van der Waals surface area (Å²) in [6.45, 7) is 5.49. The van der Waals surface area contributed by atoms with Gasteiger partial charge >= 0.3 is 0 Å². The Hall–Kier alpha value is -3.58. The number of carbonyl (C=O) groups excluding carboxylic acids is 2. The fraction of sp³-hybridized carbons (Fsp3) is 0.379. The van der Waals surface area contributed by atoms with E-state index < -0.39 is 0 Å². The van der Waals surface area contributed by atoms with Crippen molar-refractivity contribution >= 4 is 11.8 Å². The van der Waals surface area contributed by atoms with E-state index in [1.807, 2.05) is 85.6 Å². The van der Waals surface area contributed by atoms with E-state index in [1.165, 1.54) is 7.11 Å². The Morgan fingerprint density at radius 1 is 0.917 bits per heavy atom. The number of hydrogen-bond acceptors (Lipinski definition) is 4. The Morgan fingerprint density at radius 2 is 1.67 bits per heavy atom. The van der Waals surface area contributed by atoms with Crippen LogP contribution in [0.25, 0.3) is 0 Å². The molecule has 3 aromatic rings. The lowest BCUT2D eigenvalue weighted by Crippen LogP contribution is -2.47. The quantitative estimate of drug-likeness (QED) is 0.357. The van der Waals surface area contributed by atoms with Gasteiger partial charge in [0.05, 0.1) is 13.7 Å². The zero-order chi connectivity index (χ0) is 25.9. The molecule has 0 saturated carbocycles. The third-order valence-corrected chi connectivity index (χ3v) is 6.35. The van der Waals surface area contributed by atoms with Gasteiger partial charge in [-0.25, -0.2) is 0 Å². The number of carbonyl (C=O) groups is 2. The minimum atomic E-state index is -0.179. The van der Waals surface area contributed by atoms with Crippen LogP contribution in [0, 0.1) is 0 Å². The van der Waals surface area contributed by atoms with Gasteiger partial charge < -0.3 is 23.8 Å². The van der Waals surface area contributed by atoms with Gasteiger partial charge in [0.1, 0.15) is 18.9 Å². The molecule has 3 rings (SSSR count). The lowest BCUT2D eigenvalue weighted by molar-refractivity contribution is -0.145. The van der Waals surface area contributed by atoms with Crippen molar-refractivity contribution in [3.8, 4) is 5.75 Å². The van der Waals surface area contributed by atoms with E-state index in [0.717, 1.165) is 29.0 Å². The van der Waals surface area contributed by atoms with Crippen LogP contribution in [-0.4, -0.2) is 59.6 Å². The molecule has 0 bridgehead atoms. The van der Waals surface area contributed by atoms with E-state index in [9.17, 15) is 9.59 Å². The molecule has 2 aromatic carbocycles. The van der Waals surface area contributed by atoms with Gasteiger partial charge in [-0.05, 0) is 48.7 Å². The third-order valence-electron chi connectivity index (χ3n) is 6.35. The number of methoxy groups -OCH3 is 2. The van der Waals surface area contributed by atoms with Crippen molar-refractivity contribution in [2.45, 2.75) is 45.9 Å². The summed E-state index contributed by atoms with van der Waals surface area (Å²) < 4.78 is 12.6. The molecule has 36 heavy (non-hydrogen) atoms. The zero-order valence-corrected chi connectivity index (χ0v) is 21.7. The standard InChI is InChI=1S/C29H37N3O4/c1-5-23(2)32(29(34)22-35-3)21-28(33)31(18-24-11-7-6-8-12-24)20-26-14-10-16-30(26)19-25-13-9-15-27(17-25)36-4/h6-17,23H,5,18-22H2,1-4H3. The van der Waals surface area contributed by atoms with E-state index in [-0.39, 0.29) is 31.0 Å². The maximum Gasteiger partial charge on any atom is 0.249 e. The number of amides is 2. The molecule has 0 aliphatic rings. The smallest absolute Gasteiger partial charge is 0.249 e. The maximum absolute atomic E-state index is 13.6. The molecule has 0 N–H and O–H groups in total. The molecule has 7 nitrogen and oxygen atoms in total. The molecule has 1 unspecified atom stereocenters. The molecule has 0 aliphatic heterocycles. The number of nitrogens with zero attached hydrogens (tertiary/aromatic N) is 3. The van der Waals surface area contributed by atoms with Gasteiger partial charge in [0.15, 0.2) is 0 Å². The van der Waals surface area contributed by atoms with E-state index in [4.69, 9.17) is 9.47 Å². The predicted octanol–water partition coefficient (Wildman–Crippen LogP) is 4.35. The highest BCUT2D eigenvalue weighted by Gasteiger charge is 2.25. The van der Waals surface area contributed by atoms with Gasteiger partial charge in [0.25, 0.3) is 0 Å². The van der Waals surface area contributed by atoms with Crippen molar-refractivity contribution in [1.82, 2.24) is 14.4 Å². The monoisotopic (exact) mass is 491 g/mol. The van der Waals surface area contributed by atoms with E-state index in [1.54, 1.807) is 12.0 Å². The van der Waals surface area contributed by atoms with Crippen LogP contribution >= 0.6 is 0 Å². The number of ether oxygens (including phenoxy) is 2. The number of rotatable bonds is 13. The van der Waals surface area contributed by atoms with Crippen LogP contribution in [0.5, 0.6) is 5.75 Å². The van der Waals surface area contributed by atoms with Crippen LogP contribution in [-0.2, 0) is 34.0 Å². The molecule has 0 radical (unpaired) electrons. The highest BCUT2D eigenvalue weighted by Crippen LogP contribution is 2.17. The van der Waals surface area contributed by atoms with Crippen LogP contribution in [0.4, 0.5) is 0 Å². The molecule has 1 atom stereocenters. The number of hydrogen-bond donors (Lipinski definition) is 0. The second-order valence-corrected chi connectivity index (χ2v) is 8.93. The molecule has 0 aliphatic carbocycles. The largest absolute Gasteiger partial charge is 0.497 e. The van der Waals surface area contributed by atoms with Crippen molar-refractivity contribution in [3.05, 3.63) is 89.7 Å². The molecule has 0 saturated heterocycles. The van der Waals surface area contributed by atoms with Gasteiger partial charge in [-0.2, -0.15) is 0 Å². The zero-order valence-electron chi connectivity index (χ0n) is 21.7. The van der Waals surface area contributed by atoms with Crippen molar-refractivity contribution < 1.29 is 19.1 Å². The minimum absolute atomic E-state index is 0.0145. The topological polar surface area (TPSA) is 64.0 Å². The van der Waals surface area contributed by atoms with Gasteiger partial charge in [0.2, 0.25) is 11.8 Å². The molecule has 0 spiro atoms.